The zero-order chi connectivity index (χ0) is 19.4. The number of halogens is 3. The third-order valence-corrected chi connectivity index (χ3v) is 5.19. The summed E-state index contributed by atoms with van der Waals surface area (Å²) >= 11 is 0. The molecule has 1 aliphatic carbocycles. The molecular formula is C18H24F3N3O3. The first kappa shape index (κ1) is 19.8. The number of methoxy groups -OCH3 is 1. The van der Waals surface area contributed by atoms with Crippen molar-refractivity contribution in [3.05, 3.63) is 24.0 Å². The van der Waals surface area contributed by atoms with Crippen LogP contribution in [-0.4, -0.2) is 55.9 Å². The van der Waals surface area contributed by atoms with Gasteiger partial charge in [0.25, 0.3) is 0 Å². The molecule has 2 amide bonds. The molecule has 3 atom stereocenters. The molecule has 9 heteroatoms. The van der Waals surface area contributed by atoms with E-state index < -0.39 is 18.5 Å². The maximum Gasteiger partial charge on any atom is 0.387 e. The van der Waals surface area contributed by atoms with Crippen LogP contribution in [0.5, 0.6) is 5.75 Å². The van der Waals surface area contributed by atoms with Gasteiger partial charge in [-0.15, -0.1) is 0 Å². The van der Waals surface area contributed by atoms with Crippen LogP contribution >= 0.6 is 0 Å². The molecule has 1 aliphatic heterocycles. The fraction of sp³-hybridized carbons (Fsp3) is 0.611. The van der Waals surface area contributed by atoms with Gasteiger partial charge in [-0.3, -0.25) is 4.90 Å². The number of hydrogen-bond donors (Lipinski definition) is 2. The van der Waals surface area contributed by atoms with Crippen LogP contribution in [0.4, 0.5) is 23.7 Å². The summed E-state index contributed by atoms with van der Waals surface area (Å²) in [4.78, 5) is 14.6. The summed E-state index contributed by atoms with van der Waals surface area (Å²) in [6.45, 7) is -1.25. The molecule has 1 saturated carbocycles. The van der Waals surface area contributed by atoms with E-state index in [4.69, 9.17) is 4.74 Å². The zero-order valence-electron chi connectivity index (χ0n) is 15.1. The predicted octanol–water partition coefficient (Wildman–Crippen LogP) is 3.19. The Morgan fingerprint density at radius 1 is 1.30 bits per heavy atom. The Bertz CT molecular complexity index is 662. The van der Waals surface area contributed by atoms with Gasteiger partial charge in [-0.2, -0.15) is 8.78 Å². The van der Waals surface area contributed by atoms with Crippen LogP contribution < -0.4 is 15.4 Å². The highest BCUT2D eigenvalue weighted by atomic mass is 19.3. The zero-order valence-corrected chi connectivity index (χ0v) is 15.1. The van der Waals surface area contributed by atoms with Crippen LogP contribution in [0.2, 0.25) is 0 Å². The molecule has 1 heterocycles. The van der Waals surface area contributed by atoms with Crippen molar-refractivity contribution in [2.45, 2.75) is 50.5 Å². The van der Waals surface area contributed by atoms with Crippen LogP contribution in [0.25, 0.3) is 0 Å². The van der Waals surface area contributed by atoms with Crippen LogP contribution in [0.3, 0.4) is 0 Å². The Morgan fingerprint density at radius 3 is 2.78 bits per heavy atom. The number of urea groups is 1. The quantitative estimate of drug-likeness (QED) is 0.787. The van der Waals surface area contributed by atoms with E-state index in [0.717, 1.165) is 44.8 Å². The Morgan fingerprint density at radius 2 is 2.11 bits per heavy atom. The lowest BCUT2D eigenvalue weighted by molar-refractivity contribution is -0.0499. The molecule has 3 rings (SSSR count). The molecule has 0 bridgehead atoms. The second-order valence-corrected chi connectivity index (χ2v) is 6.86. The van der Waals surface area contributed by atoms with Crippen molar-refractivity contribution in [2.75, 3.05) is 25.5 Å². The number of amides is 2. The maximum atomic E-state index is 14.0. The summed E-state index contributed by atoms with van der Waals surface area (Å²) in [6, 6.07) is 2.89. The van der Waals surface area contributed by atoms with E-state index in [1.807, 2.05) is 0 Å². The van der Waals surface area contributed by atoms with E-state index in [0.29, 0.717) is 0 Å². The van der Waals surface area contributed by atoms with Crippen LogP contribution in [0.1, 0.15) is 25.7 Å². The average Bonchev–Trinajstić information content (AvgIpc) is 3.25. The normalized spacial score (nSPS) is 25.7. The summed E-state index contributed by atoms with van der Waals surface area (Å²) in [5.74, 6) is -1.14. The largest absolute Gasteiger partial charge is 0.435 e. The lowest BCUT2D eigenvalue weighted by Gasteiger charge is -2.30. The Hall–Kier alpha value is -2.00. The van der Waals surface area contributed by atoms with Crippen molar-refractivity contribution < 1.29 is 27.4 Å². The fourth-order valence-corrected chi connectivity index (χ4v) is 3.89. The number of carbonyl (C=O) groups is 1. The van der Waals surface area contributed by atoms with E-state index in [-0.39, 0.29) is 29.6 Å². The fourth-order valence-electron chi connectivity index (χ4n) is 3.89. The highest BCUT2D eigenvalue weighted by Crippen LogP contribution is 2.28. The van der Waals surface area contributed by atoms with Gasteiger partial charge in [0.05, 0.1) is 11.8 Å². The molecule has 0 radical (unpaired) electrons. The first-order valence-corrected chi connectivity index (χ1v) is 9.05. The van der Waals surface area contributed by atoms with Crippen LogP contribution in [0, 0.1) is 5.82 Å². The number of anilines is 1. The smallest absolute Gasteiger partial charge is 0.387 e. The summed E-state index contributed by atoms with van der Waals surface area (Å²) in [7, 11) is 1.71. The summed E-state index contributed by atoms with van der Waals surface area (Å²) in [6.07, 6.45) is 4.07. The molecule has 1 unspecified atom stereocenters. The Kier molecular flexibility index (Phi) is 6.43. The van der Waals surface area contributed by atoms with Crippen molar-refractivity contribution in [1.29, 1.82) is 0 Å². The molecular weight excluding hydrogens is 363 g/mol. The Labute approximate surface area is 156 Å². The van der Waals surface area contributed by atoms with Gasteiger partial charge in [0.2, 0.25) is 0 Å². The van der Waals surface area contributed by atoms with Gasteiger partial charge in [0.15, 0.2) is 0 Å². The third-order valence-electron chi connectivity index (χ3n) is 5.19. The minimum Gasteiger partial charge on any atom is -0.435 e. The summed E-state index contributed by atoms with van der Waals surface area (Å²) in [5.41, 5.74) is -0.0933. The van der Waals surface area contributed by atoms with Crippen LogP contribution in [0.15, 0.2) is 18.2 Å². The van der Waals surface area contributed by atoms with Gasteiger partial charge >= 0.3 is 12.6 Å². The number of benzene rings is 1. The topological polar surface area (TPSA) is 62.8 Å². The number of nitrogens with zero attached hydrogens (tertiary/aromatic N) is 1. The number of likely N-dealkylation sites (tertiary alicyclic amines) is 1. The molecule has 6 nitrogen and oxygen atoms in total. The van der Waals surface area contributed by atoms with Crippen molar-refractivity contribution in [3.63, 3.8) is 0 Å². The second-order valence-electron chi connectivity index (χ2n) is 6.86. The number of alkyl halides is 2. The monoisotopic (exact) mass is 387 g/mol. The van der Waals surface area contributed by atoms with E-state index >= 15 is 0 Å². The molecule has 2 fully saturated rings. The van der Waals surface area contributed by atoms with E-state index in [1.54, 1.807) is 7.11 Å². The highest BCUT2D eigenvalue weighted by molar-refractivity contribution is 5.89. The van der Waals surface area contributed by atoms with E-state index in [2.05, 4.69) is 20.3 Å². The first-order chi connectivity index (χ1) is 13.0. The molecule has 1 aromatic carbocycles. The van der Waals surface area contributed by atoms with Crippen molar-refractivity contribution in [3.8, 4) is 5.75 Å². The molecule has 0 spiro atoms. The van der Waals surface area contributed by atoms with Crippen molar-refractivity contribution in [1.82, 2.24) is 10.2 Å². The molecule has 2 N–H and O–H groups in total. The van der Waals surface area contributed by atoms with Gasteiger partial charge in [0, 0.05) is 38.3 Å². The van der Waals surface area contributed by atoms with Gasteiger partial charge in [-0.1, -0.05) is 0 Å². The van der Waals surface area contributed by atoms with Crippen molar-refractivity contribution in [2.24, 2.45) is 0 Å². The molecule has 0 aromatic heterocycles. The molecule has 2 aliphatic rings. The number of hydrogen-bond acceptors (Lipinski definition) is 4. The average molecular weight is 387 g/mol. The standard InChI is InChI=1S/C18H24F3N3O3/c1-26-12-7-8-24(10-12)16-4-2-3-15(16)23-18(25)22-14-6-5-11(9-13(14)19)27-17(20)21/h5-6,9,12,15-17H,2-4,7-8,10H2,1H3,(H2,22,23,25)/t12?,15-,16+/m0/s1. The first-order valence-electron chi connectivity index (χ1n) is 9.05. The van der Waals surface area contributed by atoms with Gasteiger partial charge in [0.1, 0.15) is 11.6 Å². The third kappa shape index (κ3) is 5.04. The number of carbonyl (C=O) groups excluding carboxylic acids is 1. The maximum absolute atomic E-state index is 14.0. The second kappa shape index (κ2) is 8.79. The lowest BCUT2D eigenvalue weighted by atomic mass is 10.1. The number of rotatable bonds is 6. The SMILES string of the molecule is COC1CCN([C@@H]2CCC[C@@H]2NC(=O)Nc2ccc(OC(F)F)cc2F)C1. The van der Waals surface area contributed by atoms with Crippen molar-refractivity contribution >= 4 is 11.7 Å². The highest BCUT2D eigenvalue weighted by Gasteiger charge is 2.36. The predicted molar refractivity (Wildman–Crippen MR) is 93.6 cm³/mol. The minimum atomic E-state index is -3.03. The molecule has 1 saturated heterocycles. The number of nitrogens with one attached hydrogen (secondary N) is 2. The Balaban J connectivity index is 1.55. The summed E-state index contributed by atoms with van der Waals surface area (Å²) in [5, 5.41) is 5.35. The molecule has 27 heavy (non-hydrogen) atoms. The summed E-state index contributed by atoms with van der Waals surface area (Å²) < 4.78 is 47.9. The van der Waals surface area contributed by atoms with E-state index in [9.17, 15) is 18.0 Å². The lowest BCUT2D eigenvalue weighted by Crippen LogP contribution is -2.49. The van der Waals surface area contributed by atoms with Gasteiger partial charge in [-0.25, -0.2) is 9.18 Å². The molecule has 150 valence electrons. The minimum absolute atomic E-state index is 0.0230. The van der Waals surface area contributed by atoms with Crippen LogP contribution in [-0.2, 0) is 4.74 Å². The van der Waals surface area contributed by atoms with Gasteiger partial charge in [-0.05, 0) is 37.8 Å². The molecule has 1 aromatic rings. The van der Waals surface area contributed by atoms with E-state index in [1.165, 1.54) is 12.1 Å². The number of ether oxygens (including phenoxy) is 2. The van der Waals surface area contributed by atoms with Gasteiger partial charge < -0.3 is 20.1 Å².